The molecular formula is C19H17ClN4O4S2. The topological polar surface area (TPSA) is 115 Å². The molecule has 0 amide bonds. The van der Waals surface area contributed by atoms with Crippen molar-refractivity contribution >= 4 is 49.4 Å². The molecule has 0 fully saturated rings. The quantitative estimate of drug-likeness (QED) is 0.460. The summed E-state index contributed by atoms with van der Waals surface area (Å²) in [6.45, 7) is 0. The molecule has 0 saturated heterocycles. The highest BCUT2D eigenvalue weighted by Crippen LogP contribution is 2.37. The number of rotatable bonds is 5. The Labute approximate surface area is 179 Å². The Morgan fingerprint density at radius 3 is 2.43 bits per heavy atom. The number of nitrogens with zero attached hydrogens (tertiary/aromatic N) is 3. The van der Waals surface area contributed by atoms with Crippen molar-refractivity contribution in [3.63, 3.8) is 0 Å². The molecule has 2 N–H and O–H groups in total. The Bertz CT molecular complexity index is 1340. The molecule has 0 bridgehead atoms. The smallest absolute Gasteiger partial charge is 0.244 e. The molecule has 8 nitrogen and oxygen atoms in total. The van der Waals surface area contributed by atoms with Gasteiger partial charge in [0, 0.05) is 23.7 Å². The Balaban J connectivity index is 1.83. The molecule has 2 heterocycles. The molecule has 1 unspecified atom stereocenters. The predicted octanol–water partition coefficient (Wildman–Crippen LogP) is 2.61. The van der Waals surface area contributed by atoms with Gasteiger partial charge in [-0.25, -0.2) is 25.9 Å². The van der Waals surface area contributed by atoms with Gasteiger partial charge in [-0.2, -0.15) is 0 Å². The van der Waals surface area contributed by atoms with Gasteiger partial charge < -0.3 is 0 Å². The highest BCUT2D eigenvalue weighted by molar-refractivity contribution is 7.89. The van der Waals surface area contributed by atoms with E-state index in [4.69, 9.17) is 16.7 Å². The Morgan fingerprint density at radius 1 is 1.00 bits per heavy atom. The van der Waals surface area contributed by atoms with Crippen LogP contribution in [0.25, 0.3) is 0 Å². The number of hydrogen-bond donors (Lipinski definition) is 1. The fourth-order valence-corrected chi connectivity index (χ4v) is 5.48. The highest BCUT2D eigenvalue weighted by Gasteiger charge is 2.31. The van der Waals surface area contributed by atoms with E-state index in [1.54, 1.807) is 36.4 Å². The lowest BCUT2D eigenvalue weighted by molar-refractivity contribution is 0.586. The van der Waals surface area contributed by atoms with Crippen LogP contribution in [0.2, 0.25) is 0 Å². The number of halogens is 1. The maximum absolute atomic E-state index is 13.2. The largest absolute Gasteiger partial charge is 0.290 e. The summed E-state index contributed by atoms with van der Waals surface area (Å²) in [5.41, 5.74) is 0.530. The first-order valence-corrected chi connectivity index (χ1v) is 12.3. The van der Waals surface area contributed by atoms with Crippen LogP contribution in [-0.2, 0) is 25.8 Å². The van der Waals surface area contributed by atoms with E-state index in [9.17, 15) is 16.8 Å². The van der Waals surface area contributed by atoms with Crippen molar-refractivity contribution < 1.29 is 16.8 Å². The number of anilines is 2. The number of primary sulfonamides is 1. The monoisotopic (exact) mass is 464 g/mol. The molecule has 2 aromatic carbocycles. The fraction of sp³-hybridized carbons (Fsp3) is 0.105. The summed E-state index contributed by atoms with van der Waals surface area (Å²) < 4.78 is 51.0. The predicted molar refractivity (Wildman–Crippen MR) is 116 cm³/mol. The van der Waals surface area contributed by atoms with Crippen molar-refractivity contribution in [1.82, 2.24) is 3.97 Å². The lowest BCUT2D eigenvalue weighted by Gasteiger charge is -2.31. The second kappa shape index (κ2) is 7.55. The van der Waals surface area contributed by atoms with Gasteiger partial charge in [-0.15, -0.1) is 0 Å². The van der Waals surface area contributed by atoms with Crippen LogP contribution >= 0.6 is 11.6 Å². The molecule has 0 aliphatic carbocycles. The first-order chi connectivity index (χ1) is 14.2. The maximum Gasteiger partial charge on any atom is 0.244 e. The number of alkyl halides is 1. The lowest BCUT2D eigenvalue weighted by Crippen LogP contribution is -2.32. The van der Waals surface area contributed by atoms with Crippen molar-refractivity contribution in [2.24, 2.45) is 10.1 Å². The van der Waals surface area contributed by atoms with Crippen LogP contribution in [0.3, 0.4) is 0 Å². The van der Waals surface area contributed by atoms with Gasteiger partial charge in [0.25, 0.3) is 0 Å². The molecular weight excluding hydrogens is 448 g/mol. The maximum atomic E-state index is 13.2. The van der Waals surface area contributed by atoms with Gasteiger partial charge in [0.2, 0.25) is 25.7 Å². The number of sulfonamides is 1. The third kappa shape index (κ3) is 3.86. The van der Waals surface area contributed by atoms with Gasteiger partial charge in [0.05, 0.1) is 10.6 Å². The third-order valence-corrected chi connectivity index (χ3v) is 7.36. The number of fused-ring (bicyclic) bond motifs is 1. The van der Waals surface area contributed by atoms with Crippen LogP contribution in [0.15, 0.2) is 76.7 Å². The summed E-state index contributed by atoms with van der Waals surface area (Å²) >= 11 is 6.39. The minimum Gasteiger partial charge on any atom is -0.290 e. The van der Waals surface area contributed by atoms with Crippen LogP contribution < -0.4 is 10.0 Å². The third-order valence-electron chi connectivity index (χ3n) is 4.55. The van der Waals surface area contributed by atoms with Crippen LogP contribution in [0.1, 0.15) is 11.1 Å². The molecule has 0 radical (unpaired) electrons. The fourth-order valence-electron chi connectivity index (χ4n) is 3.21. The second-order valence-electron chi connectivity index (χ2n) is 6.63. The molecule has 11 heteroatoms. The highest BCUT2D eigenvalue weighted by atomic mass is 35.5. The number of hydrogen-bond acceptors (Lipinski definition) is 6. The van der Waals surface area contributed by atoms with Gasteiger partial charge in [-0.1, -0.05) is 48.0 Å². The van der Waals surface area contributed by atoms with Crippen LogP contribution in [0.5, 0.6) is 0 Å². The Hall–Kier alpha value is -2.66. The van der Waals surface area contributed by atoms with E-state index in [0.29, 0.717) is 16.8 Å². The number of aromatic nitrogens is 1. The van der Waals surface area contributed by atoms with E-state index in [-0.39, 0.29) is 16.5 Å². The molecule has 1 aliphatic rings. The standard InChI is InChI=1S/C19H17ClN4O4S2/c20-19-22-12-15-9-10-23(29(25,26)13-14-5-2-1-3-6-14)18(15)24(19)16-7-4-8-17(11-16)30(21,27)28/h1-12,19H,13H2,(H2,21,27,28). The average molecular weight is 465 g/mol. The summed E-state index contributed by atoms with van der Waals surface area (Å²) in [6.07, 6.45) is 2.92. The minimum absolute atomic E-state index is 0.120. The SMILES string of the molecule is NS(=O)(=O)c1cccc(N2c3c(ccn3S(=O)(=O)Cc3ccccc3)C=NC2Cl)c1. The van der Waals surface area contributed by atoms with E-state index in [2.05, 4.69) is 4.99 Å². The van der Waals surface area contributed by atoms with Crippen molar-refractivity contribution in [3.8, 4) is 0 Å². The van der Waals surface area contributed by atoms with E-state index >= 15 is 0 Å². The normalized spacial score (nSPS) is 16.5. The molecule has 1 aromatic heterocycles. The first kappa shape index (κ1) is 20.6. The number of benzene rings is 2. The van der Waals surface area contributed by atoms with Crippen LogP contribution in [-0.4, -0.2) is 32.6 Å². The lowest BCUT2D eigenvalue weighted by atomic mass is 10.2. The summed E-state index contributed by atoms with van der Waals surface area (Å²) in [4.78, 5) is 5.51. The van der Waals surface area contributed by atoms with Crippen molar-refractivity contribution in [2.75, 3.05) is 4.90 Å². The van der Waals surface area contributed by atoms with Crippen molar-refractivity contribution in [2.45, 2.75) is 16.3 Å². The molecule has 4 rings (SSSR count). The van der Waals surface area contributed by atoms with E-state index in [1.165, 1.54) is 35.5 Å². The van der Waals surface area contributed by atoms with Gasteiger partial charge in [-0.3, -0.25) is 9.89 Å². The summed E-state index contributed by atoms with van der Waals surface area (Å²) in [5.74, 6) is 0.0527. The molecule has 3 aromatic rings. The van der Waals surface area contributed by atoms with Crippen LogP contribution in [0, 0.1) is 0 Å². The van der Waals surface area contributed by atoms with E-state index in [0.717, 1.165) is 3.97 Å². The van der Waals surface area contributed by atoms with Crippen molar-refractivity contribution in [3.05, 3.63) is 78.0 Å². The first-order valence-electron chi connectivity index (χ1n) is 8.75. The molecule has 1 atom stereocenters. The van der Waals surface area contributed by atoms with Crippen LogP contribution in [0.4, 0.5) is 11.5 Å². The molecule has 0 spiro atoms. The Morgan fingerprint density at radius 2 is 1.73 bits per heavy atom. The number of aliphatic imine (C=N–C) groups is 1. The van der Waals surface area contributed by atoms with Gasteiger partial charge in [-0.05, 0) is 29.8 Å². The Kier molecular flexibility index (Phi) is 5.18. The van der Waals surface area contributed by atoms with Gasteiger partial charge in [0.15, 0.2) is 0 Å². The summed E-state index contributed by atoms with van der Waals surface area (Å²) in [7, 11) is -7.76. The van der Waals surface area contributed by atoms with Gasteiger partial charge >= 0.3 is 0 Å². The summed E-state index contributed by atoms with van der Waals surface area (Å²) in [6, 6.07) is 16.2. The molecule has 30 heavy (non-hydrogen) atoms. The molecule has 1 aliphatic heterocycles. The van der Waals surface area contributed by atoms with Gasteiger partial charge in [0.1, 0.15) is 5.82 Å². The van der Waals surface area contributed by atoms with E-state index < -0.39 is 25.7 Å². The zero-order valence-corrected chi connectivity index (χ0v) is 17.8. The average Bonchev–Trinajstić information content (AvgIpc) is 3.13. The zero-order chi connectivity index (χ0) is 21.5. The number of nitrogens with two attached hydrogens (primary N) is 1. The second-order valence-corrected chi connectivity index (χ2v) is 10.4. The molecule has 0 saturated carbocycles. The minimum atomic E-state index is -3.96. The van der Waals surface area contributed by atoms with Crippen molar-refractivity contribution in [1.29, 1.82) is 0 Å². The summed E-state index contributed by atoms with van der Waals surface area (Å²) in [5, 5.41) is 5.24. The zero-order valence-electron chi connectivity index (χ0n) is 15.5. The molecule has 156 valence electrons. The van der Waals surface area contributed by atoms with E-state index in [1.807, 2.05) is 6.07 Å².